The van der Waals surface area contributed by atoms with E-state index < -0.39 is 40.3 Å². The maximum atomic E-state index is 13.0. The number of amides is 1. The molecule has 0 radical (unpaired) electrons. The van der Waals surface area contributed by atoms with Gasteiger partial charge >= 0.3 is 5.97 Å². The molecule has 0 saturated heterocycles. The van der Waals surface area contributed by atoms with E-state index in [0.29, 0.717) is 11.3 Å². The number of aliphatic carboxylic acids is 1. The summed E-state index contributed by atoms with van der Waals surface area (Å²) in [5.41, 5.74) is -0.546. The van der Waals surface area contributed by atoms with Crippen molar-refractivity contribution in [2.75, 3.05) is 6.54 Å². The van der Waals surface area contributed by atoms with Gasteiger partial charge in [-0.3, -0.25) is 14.4 Å². The Labute approximate surface area is 115 Å². The number of hydrogen-bond acceptors (Lipinski definition) is 5. The number of rotatable bonds is 3. The number of carboxylic acid groups (broad SMARTS) is 1. The third-order valence-corrected chi connectivity index (χ3v) is 3.42. The average molecular weight is 297 g/mol. The first-order valence-corrected chi connectivity index (χ1v) is 6.17. The van der Waals surface area contributed by atoms with Crippen LogP contribution in [0.25, 0.3) is 10.1 Å². The van der Waals surface area contributed by atoms with Crippen molar-refractivity contribution in [3.8, 4) is 5.75 Å². The lowest BCUT2D eigenvalue weighted by Gasteiger charge is -2.06. The Kier molecular flexibility index (Phi) is 3.66. The summed E-state index contributed by atoms with van der Waals surface area (Å²) < 4.78 is 12.5. The SMILES string of the molecule is O=C(O)CNC(=O)c1c(O)c2ccc(F)cc2sc1=O. The van der Waals surface area contributed by atoms with Crippen molar-refractivity contribution in [1.82, 2.24) is 5.32 Å². The van der Waals surface area contributed by atoms with Crippen LogP contribution >= 0.6 is 11.3 Å². The molecule has 20 heavy (non-hydrogen) atoms. The quantitative estimate of drug-likeness (QED) is 0.781. The normalized spacial score (nSPS) is 10.4. The van der Waals surface area contributed by atoms with Crippen molar-refractivity contribution in [3.63, 3.8) is 0 Å². The molecule has 0 fully saturated rings. The lowest BCUT2D eigenvalue weighted by Crippen LogP contribution is -2.32. The summed E-state index contributed by atoms with van der Waals surface area (Å²) in [6, 6.07) is 3.39. The number of carboxylic acids is 1. The molecule has 3 N–H and O–H groups in total. The minimum Gasteiger partial charge on any atom is -0.506 e. The number of aromatic hydroxyl groups is 1. The second-order valence-corrected chi connectivity index (χ2v) is 4.84. The molecule has 0 aliphatic heterocycles. The highest BCUT2D eigenvalue weighted by atomic mass is 32.1. The zero-order valence-corrected chi connectivity index (χ0v) is 10.7. The van der Waals surface area contributed by atoms with Gasteiger partial charge in [-0.2, -0.15) is 0 Å². The zero-order valence-electron chi connectivity index (χ0n) is 9.84. The lowest BCUT2D eigenvalue weighted by atomic mass is 10.1. The first-order chi connectivity index (χ1) is 9.40. The zero-order chi connectivity index (χ0) is 14.9. The first kappa shape index (κ1) is 13.9. The average Bonchev–Trinajstić information content (AvgIpc) is 2.35. The van der Waals surface area contributed by atoms with Crippen molar-refractivity contribution in [1.29, 1.82) is 0 Å². The van der Waals surface area contributed by atoms with Gasteiger partial charge in [-0.25, -0.2) is 4.39 Å². The second-order valence-electron chi connectivity index (χ2n) is 3.83. The molecule has 1 amide bonds. The van der Waals surface area contributed by atoms with Crippen LogP contribution in [-0.4, -0.2) is 28.6 Å². The molecular weight excluding hydrogens is 289 g/mol. The molecule has 6 nitrogen and oxygen atoms in total. The van der Waals surface area contributed by atoms with E-state index >= 15 is 0 Å². The summed E-state index contributed by atoms with van der Waals surface area (Å²) in [6.07, 6.45) is 0. The van der Waals surface area contributed by atoms with Gasteiger partial charge in [-0.1, -0.05) is 11.3 Å². The second kappa shape index (κ2) is 5.25. The van der Waals surface area contributed by atoms with Crippen molar-refractivity contribution in [3.05, 3.63) is 39.1 Å². The van der Waals surface area contributed by atoms with Gasteiger partial charge < -0.3 is 15.5 Å². The Morgan fingerprint density at radius 3 is 2.70 bits per heavy atom. The van der Waals surface area contributed by atoms with E-state index in [2.05, 4.69) is 0 Å². The van der Waals surface area contributed by atoms with Crippen molar-refractivity contribution in [2.24, 2.45) is 0 Å². The van der Waals surface area contributed by atoms with Crippen LogP contribution in [0.5, 0.6) is 5.75 Å². The largest absolute Gasteiger partial charge is 0.506 e. The monoisotopic (exact) mass is 297 g/mol. The predicted octanol–water partition coefficient (Wildman–Crippen LogP) is 0.921. The topological polar surface area (TPSA) is 104 Å². The molecule has 104 valence electrons. The van der Waals surface area contributed by atoms with Gasteiger partial charge in [0.2, 0.25) is 4.74 Å². The number of carbonyl (C=O) groups is 2. The molecular formula is C12H8FNO5S. The summed E-state index contributed by atoms with van der Waals surface area (Å²) in [5, 5.41) is 20.5. The summed E-state index contributed by atoms with van der Waals surface area (Å²) in [5.74, 6) is -3.43. The van der Waals surface area contributed by atoms with Crippen molar-refractivity contribution >= 4 is 33.3 Å². The van der Waals surface area contributed by atoms with E-state index in [-0.39, 0.29) is 10.1 Å². The molecule has 1 aromatic carbocycles. The Morgan fingerprint density at radius 2 is 2.05 bits per heavy atom. The van der Waals surface area contributed by atoms with Gasteiger partial charge in [0, 0.05) is 10.1 Å². The van der Waals surface area contributed by atoms with E-state index in [4.69, 9.17) is 5.11 Å². The first-order valence-electron chi connectivity index (χ1n) is 5.35. The minimum absolute atomic E-state index is 0.150. The van der Waals surface area contributed by atoms with E-state index in [0.717, 1.165) is 12.1 Å². The van der Waals surface area contributed by atoms with E-state index in [1.54, 1.807) is 0 Å². The summed E-state index contributed by atoms with van der Waals surface area (Å²) in [7, 11) is 0. The standard InChI is InChI=1S/C12H8FNO5S/c13-5-1-2-6-7(3-5)20-12(19)9(10(6)17)11(18)14-4-8(15)16/h1-3,17H,4H2,(H,14,18)(H,15,16). The van der Waals surface area contributed by atoms with Gasteiger partial charge in [0.15, 0.2) is 0 Å². The third-order valence-electron chi connectivity index (χ3n) is 2.47. The van der Waals surface area contributed by atoms with Crippen LogP contribution in [0.4, 0.5) is 4.39 Å². The maximum Gasteiger partial charge on any atom is 0.322 e. The molecule has 0 saturated carbocycles. The number of nitrogens with one attached hydrogen (secondary N) is 1. The smallest absolute Gasteiger partial charge is 0.322 e. The molecule has 1 heterocycles. The van der Waals surface area contributed by atoms with E-state index in [1.165, 1.54) is 6.07 Å². The molecule has 2 aromatic rings. The fourth-order valence-electron chi connectivity index (χ4n) is 1.60. The molecule has 0 aliphatic carbocycles. The number of carbonyl (C=O) groups excluding carboxylic acids is 1. The molecule has 0 spiro atoms. The Bertz CT molecular complexity index is 770. The molecule has 0 unspecified atom stereocenters. The molecule has 0 bridgehead atoms. The van der Waals surface area contributed by atoms with Crippen LogP contribution in [0.2, 0.25) is 0 Å². The van der Waals surface area contributed by atoms with Crippen LogP contribution in [0.15, 0.2) is 23.0 Å². The minimum atomic E-state index is -1.28. The Balaban J connectivity index is 2.54. The van der Waals surface area contributed by atoms with Crippen LogP contribution in [-0.2, 0) is 4.79 Å². The third kappa shape index (κ3) is 2.59. The molecule has 0 atom stereocenters. The van der Waals surface area contributed by atoms with Gasteiger partial charge in [0.1, 0.15) is 23.7 Å². The molecule has 0 aliphatic rings. The summed E-state index contributed by atoms with van der Waals surface area (Å²) >= 11 is 0.595. The van der Waals surface area contributed by atoms with Gasteiger partial charge in [-0.15, -0.1) is 0 Å². The van der Waals surface area contributed by atoms with Gasteiger partial charge in [0.05, 0.1) is 0 Å². The van der Waals surface area contributed by atoms with E-state index in [1.807, 2.05) is 5.32 Å². The fourth-order valence-corrected chi connectivity index (χ4v) is 2.54. The molecule has 2 rings (SSSR count). The van der Waals surface area contributed by atoms with Crippen LogP contribution in [0.3, 0.4) is 0 Å². The number of halogens is 1. The summed E-state index contributed by atoms with van der Waals surface area (Å²) in [4.78, 5) is 33.8. The fraction of sp³-hybridized carbons (Fsp3) is 0.0833. The Hall–Kier alpha value is -2.48. The summed E-state index contributed by atoms with van der Waals surface area (Å²) in [6.45, 7) is -0.677. The highest BCUT2D eigenvalue weighted by molar-refractivity contribution is 7.16. The van der Waals surface area contributed by atoms with Crippen molar-refractivity contribution in [2.45, 2.75) is 0 Å². The number of hydrogen-bond donors (Lipinski definition) is 3. The van der Waals surface area contributed by atoms with Crippen LogP contribution in [0, 0.1) is 5.82 Å². The molecule has 8 heteroatoms. The highest BCUT2D eigenvalue weighted by Gasteiger charge is 2.19. The van der Waals surface area contributed by atoms with Crippen LogP contribution in [0.1, 0.15) is 10.4 Å². The lowest BCUT2D eigenvalue weighted by molar-refractivity contribution is -0.135. The van der Waals surface area contributed by atoms with Gasteiger partial charge in [-0.05, 0) is 18.2 Å². The van der Waals surface area contributed by atoms with Crippen LogP contribution < -0.4 is 10.1 Å². The van der Waals surface area contributed by atoms with Crippen molar-refractivity contribution < 1.29 is 24.2 Å². The molecule has 1 aromatic heterocycles. The maximum absolute atomic E-state index is 13.0. The Morgan fingerprint density at radius 1 is 1.35 bits per heavy atom. The predicted molar refractivity (Wildman–Crippen MR) is 69.7 cm³/mol. The highest BCUT2D eigenvalue weighted by Crippen LogP contribution is 2.29. The van der Waals surface area contributed by atoms with Gasteiger partial charge in [0.25, 0.3) is 5.91 Å². The number of fused-ring (bicyclic) bond motifs is 1. The van der Waals surface area contributed by atoms with E-state index in [9.17, 15) is 23.9 Å². The number of benzene rings is 1.